The standard InChI is InChI=1S/C18H19N3/c1-21(12-14-7-3-2-4-8-14)13-16-11-15-9-5-6-10-17(15)20-18(16)19/h2-11H,12-13H2,1H3,(H2,19,20). The molecule has 2 aromatic carbocycles. The Morgan fingerprint density at radius 1 is 0.952 bits per heavy atom. The highest BCUT2D eigenvalue weighted by Crippen LogP contribution is 2.20. The van der Waals surface area contributed by atoms with Crippen LogP contribution >= 0.6 is 0 Å². The van der Waals surface area contributed by atoms with Crippen LogP contribution < -0.4 is 5.73 Å². The van der Waals surface area contributed by atoms with E-state index in [0.29, 0.717) is 5.82 Å². The van der Waals surface area contributed by atoms with Crippen molar-refractivity contribution in [2.75, 3.05) is 12.8 Å². The molecule has 0 radical (unpaired) electrons. The van der Waals surface area contributed by atoms with Crippen molar-refractivity contribution in [3.05, 3.63) is 71.8 Å². The molecule has 0 saturated heterocycles. The molecule has 0 aliphatic heterocycles. The molecule has 1 aromatic heterocycles. The molecule has 0 spiro atoms. The second-order valence-electron chi connectivity index (χ2n) is 5.38. The first-order chi connectivity index (χ1) is 10.2. The third-order valence-electron chi connectivity index (χ3n) is 3.57. The van der Waals surface area contributed by atoms with Gasteiger partial charge in [0.05, 0.1) is 5.52 Å². The lowest BCUT2D eigenvalue weighted by Crippen LogP contribution is -2.18. The molecule has 3 heteroatoms. The van der Waals surface area contributed by atoms with E-state index in [0.717, 1.165) is 29.6 Å². The van der Waals surface area contributed by atoms with E-state index in [1.807, 2.05) is 24.3 Å². The number of benzene rings is 2. The summed E-state index contributed by atoms with van der Waals surface area (Å²) in [5.74, 6) is 0.619. The predicted molar refractivity (Wildman–Crippen MR) is 87.8 cm³/mol. The summed E-state index contributed by atoms with van der Waals surface area (Å²) in [5, 5.41) is 1.13. The maximum atomic E-state index is 6.09. The summed E-state index contributed by atoms with van der Waals surface area (Å²) < 4.78 is 0. The summed E-state index contributed by atoms with van der Waals surface area (Å²) in [6.45, 7) is 1.69. The highest BCUT2D eigenvalue weighted by Gasteiger charge is 2.07. The van der Waals surface area contributed by atoms with E-state index in [1.54, 1.807) is 0 Å². The lowest BCUT2D eigenvalue weighted by molar-refractivity contribution is 0.319. The van der Waals surface area contributed by atoms with Crippen LogP contribution in [0.4, 0.5) is 5.82 Å². The molecule has 3 rings (SSSR count). The average molecular weight is 277 g/mol. The van der Waals surface area contributed by atoms with E-state index in [1.165, 1.54) is 5.56 Å². The van der Waals surface area contributed by atoms with Gasteiger partial charge in [-0.1, -0.05) is 48.5 Å². The number of pyridine rings is 1. The van der Waals surface area contributed by atoms with Gasteiger partial charge in [-0.3, -0.25) is 4.90 Å². The van der Waals surface area contributed by atoms with Crippen LogP contribution in [-0.2, 0) is 13.1 Å². The van der Waals surface area contributed by atoms with E-state index < -0.39 is 0 Å². The Kier molecular flexibility index (Phi) is 3.84. The minimum absolute atomic E-state index is 0.619. The minimum atomic E-state index is 0.619. The zero-order chi connectivity index (χ0) is 14.7. The topological polar surface area (TPSA) is 42.2 Å². The summed E-state index contributed by atoms with van der Waals surface area (Å²) in [4.78, 5) is 6.73. The van der Waals surface area contributed by atoms with E-state index in [-0.39, 0.29) is 0 Å². The largest absolute Gasteiger partial charge is 0.383 e. The lowest BCUT2D eigenvalue weighted by atomic mass is 10.1. The van der Waals surface area contributed by atoms with Crippen molar-refractivity contribution in [2.24, 2.45) is 0 Å². The van der Waals surface area contributed by atoms with Crippen molar-refractivity contribution in [1.82, 2.24) is 9.88 Å². The molecule has 21 heavy (non-hydrogen) atoms. The maximum absolute atomic E-state index is 6.09. The fourth-order valence-electron chi connectivity index (χ4n) is 2.54. The van der Waals surface area contributed by atoms with Crippen LogP contribution in [0.5, 0.6) is 0 Å². The maximum Gasteiger partial charge on any atom is 0.128 e. The monoisotopic (exact) mass is 277 g/mol. The van der Waals surface area contributed by atoms with Gasteiger partial charge in [0.15, 0.2) is 0 Å². The fraction of sp³-hybridized carbons (Fsp3) is 0.167. The lowest BCUT2D eigenvalue weighted by Gasteiger charge is -2.18. The first-order valence-electron chi connectivity index (χ1n) is 7.09. The SMILES string of the molecule is CN(Cc1ccccc1)Cc1cc2ccccc2nc1N. The third-order valence-corrected chi connectivity index (χ3v) is 3.57. The van der Waals surface area contributed by atoms with Gasteiger partial charge in [-0.25, -0.2) is 4.98 Å². The molecule has 0 fully saturated rings. The number of nitrogens with two attached hydrogens (primary N) is 1. The first-order valence-corrected chi connectivity index (χ1v) is 7.09. The Bertz CT molecular complexity index is 738. The minimum Gasteiger partial charge on any atom is -0.383 e. The van der Waals surface area contributed by atoms with Gasteiger partial charge >= 0.3 is 0 Å². The molecule has 0 aliphatic carbocycles. The predicted octanol–water partition coefficient (Wildman–Crippen LogP) is 3.45. The van der Waals surface area contributed by atoms with E-state index >= 15 is 0 Å². The van der Waals surface area contributed by atoms with Crippen LogP contribution in [0.25, 0.3) is 10.9 Å². The molecule has 2 N–H and O–H groups in total. The molecular weight excluding hydrogens is 258 g/mol. The zero-order valence-corrected chi connectivity index (χ0v) is 12.2. The molecule has 3 nitrogen and oxygen atoms in total. The smallest absolute Gasteiger partial charge is 0.128 e. The number of anilines is 1. The first kappa shape index (κ1) is 13.6. The molecule has 0 amide bonds. The Morgan fingerprint density at radius 2 is 1.67 bits per heavy atom. The Morgan fingerprint density at radius 3 is 2.48 bits per heavy atom. The summed E-state index contributed by atoms with van der Waals surface area (Å²) in [6, 6.07) is 20.6. The number of nitrogens with zero attached hydrogens (tertiary/aromatic N) is 2. The number of hydrogen-bond donors (Lipinski definition) is 1. The molecule has 0 aliphatic rings. The molecular formula is C18H19N3. The molecule has 1 heterocycles. The Hall–Kier alpha value is -2.39. The number of nitrogen functional groups attached to an aromatic ring is 1. The number of rotatable bonds is 4. The van der Waals surface area contributed by atoms with Crippen molar-refractivity contribution in [1.29, 1.82) is 0 Å². The van der Waals surface area contributed by atoms with Crippen LogP contribution in [0.15, 0.2) is 60.7 Å². The van der Waals surface area contributed by atoms with Crippen molar-refractivity contribution >= 4 is 16.7 Å². The number of aromatic nitrogens is 1. The summed E-state index contributed by atoms with van der Waals surface area (Å²) >= 11 is 0. The molecule has 0 bridgehead atoms. The van der Waals surface area contributed by atoms with Crippen molar-refractivity contribution in [2.45, 2.75) is 13.1 Å². The molecule has 106 valence electrons. The second-order valence-corrected chi connectivity index (χ2v) is 5.38. The van der Waals surface area contributed by atoms with Crippen LogP contribution in [0, 0.1) is 0 Å². The zero-order valence-electron chi connectivity index (χ0n) is 12.2. The molecule has 3 aromatic rings. The van der Waals surface area contributed by atoms with Gasteiger partial charge in [0.25, 0.3) is 0 Å². The summed E-state index contributed by atoms with van der Waals surface area (Å²) in [5.41, 5.74) is 9.41. The van der Waals surface area contributed by atoms with Gasteiger partial charge in [0.2, 0.25) is 0 Å². The Labute approximate surface area is 125 Å². The number of para-hydroxylation sites is 1. The second kappa shape index (κ2) is 5.94. The number of hydrogen-bond acceptors (Lipinski definition) is 3. The van der Waals surface area contributed by atoms with Gasteiger partial charge in [0.1, 0.15) is 5.82 Å². The van der Waals surface area contributed by atoms with Crippen molar-refractivity contribution < 1.29 is 0 Å². The van der Waals surface area contributed by atoms with Gasteiger partial charge < -0.3 is 5.73 Å². The van der Waals surface area contributed by atoms with E-state index in [2.05, 4.69) is 53.3 Å². The molecule has 0 saturated carbocycles. The van der Waals surface area contributed by atoms with E-state index in [4.69, 9.17) is 5.73 Å². The highest BCUT2D eigenvalue weighted by molar-refractivity contribution is 5.81. The molecule has 0 unspecified atom stereocenters. The third kappa shape index (κ3) is 3.20. The molecule has 0 atom stereocenters. The van der Waals surface area contributed by atoms with Gasteiger partial charge in [-0.05, 0) is 24.7 Å². The summed E-state index contributed by atoms with van der Waals surface area (Å²) in [7, 11) is 2.10. The highest BCUT2D eigenvalue weighted by atomic mass is 15.1. The van der Waals surface area contributed by atoms with E-state index in [9.17, 15) is 0 Å². The fourth-order valence-corrected chi connectivity index (χ4v) is 2.54. The van der Waals surface area contributed by atoms with Gasteiger partial charge in [-0.2, -0.15) is 0 Å². The van der Waals surface area contributed by atoms with Gasteiger partial charge in [-0.15, -0.1) is 0 Å². The quantitative estimate of drug-likeness (QED) is 0.794. The van der Waals surface area contributed by atoms with Crippen molar-refractivity contribution in [3.63, 3.8) is 0 Å². The Balaban J connectivity index is 1.79. The van der Waals surface area contributed by atoms with Gasteiger partial charge in [0, 0.05) is 24.0 Å². The van der Waals surface area contributed by atoms with Crippen molar-refractivity contribution in [3.8, 4) is 0 Å². The van der Waals surface area contributed by atoms with Crippen LogP contribution in [0.2, 0.25) is 0 Å². The van der Waals surface area contributed by atoms with Crippen LogP contribution in [0.1, 0.15) is 11.1 Å². The summed E-state index contributed by atoms with van der Waals surface area (Å²) in [6.07, 6.45) is 0. The average Bonchev–Trinajstić information content (AvgIpc) is 2.49. The number of fused-ring (bicyclic) bond motifs is 1. The van der Waals surface area contributed by atoms with Crippen LogP contribution in [-0.4, -0.2) is 16.9 Å². The normalized spacial score (nSPS) is 11.1. The van der Waals surface area contributed by atoms with Crippen LogP contribution in [0.3, 0.4) is 0 Å².